The van der Waals surface area contributed by atoms with Crippen molar-refractivity contribution in [3.8, 4) is 6.07 Å². The van der Waals surface area contributed by atoms with Gasteiger partial charge in [0.05, 0.1) is 12.1 Å². The van der Waals surface area contributed by atoms with Crippen molar-refractivity contribution in [2.24, 2.45) is 11.8 Å². The molecule has 20 heavy (non-hydrogen) atoms. The third-order valence-corrected chi connectivity index (χ3v) is 3.77. The molecule has 106 valence electrons. The van der Waals surface area contributed by atoms with Crippen LogP contribution in [0, 0.1) is 23.2 Å². The molecule has 1 saturated carbocycles. The first-order chi connectivity index (χ1) is 9.61. The second-order valence-corrected chi connectivity index (χ2v) is 5.24. The van der Waals surface area contributed by atoms with E-state index < -0.39 is 18.2 Å². The Balaban J connectivity index is 2.16. The SMILES string of the molecule is N#CC(O)[C@@H](NC(=O)O)C(Cc1ccccc1)C1CC1. The van der Waals surface area contributed by atoms with Gasteiger partial charge < -0.3 is 15.5 Å². The molecule has 5 heteroatoms. The smallest absolute Gasteiger partial charge is 0.405 e. The topological polar surface area (TPSA) is 93.4 Å². The van der Waals surface area contributed by atoms with Crippen LogP contribution in [-0.4, -0.2) is 28.5 Å². The maximum Gasteiger partial charge on any atom is 0.405 e. The summed E-state index contributed by atoms with van der Waals surface area (Å²) in [6.45, 7) is 0. The maximum absolute atomic E-state index is 10.9. The summed E-state index contributed by atoms with van der Waals surface area (Å²) in [4.78, 5) is 10.9. The van der Waals surface area contributed by atoms with E-state index in [9.17, 15) is 9.90 Å². The monoisotopic (exact) mass is 274 g/mol. The van der Waals surface area contributed by atoms with Gasteiger partial charge in [0.25, 0.3) is 0 Å². The molecule has 0 bridgehead atoms. The lowest BCUT2D eigenvalue weighted by atomic mass is 9.85. The molecule has 1 aromatic rings. The minimum Gasteiger partial charge on any atom is -0.465 e. The highest BCUT2D eigenvalue weighted by atomic mass is 16.4. The predicted octanol–water partition coefficient (Wildman–Crippen LogP) is 1.78. The predicted molar refractivity (Wildman–Crippen MR) is 72.9 cm³/mol. The van der Waals surface area contributed by atoms with E-state index in [1.807, 2.05) is 30.3 Å². The highest BCUT2D eigenvalue weighted by Gasteiger charge is 2.40. The number of benzene rings is 1. The number of amides is 1. The Bertz CT molecular complexity index is 494. The molecule has 0 aliphatic heterocycles. The number of aliphatic hydroxyl groups is 1. The van der Waals surface area contributed by atoms with Crippen molar-refractivity contribution in [3.63, 3.8) is 0 Å². The Hall–Kier alpha value is -2.06. The van der Waals surface area contributed by atoms with Gasteiger partial charge in [-0.05, 0) is 36.7 Å². The lowest BCUT2D eigenvalue weighted by Gasteiger charge is -2.28. The number of aliphatic hydroxyl groups excluding tert-OH is 1. The lowest BCUT2D eigenvalue weighted by Crippen LogP contribution is -2.48. The number of rotatable bonds is 6. The highest BCUT2D eigenvalue weighted by Crippen LogP contribution is 2.41. The van der Waals surface area contributed by atoms with Gasteiger partial charge in [0.2, 0.25) is 0 Å². The molecule has 1 amide bonds. The molecule has 0 radical (unpaired) electrons. The molecule has 1 fully saturated rings. The van der Waals surface area contributed by atoms with Crippen LogP contribution in [0.3, 0.4) is 0 Å². The fraction of sp³-hybridized carbons (Fsp3) is 0.467. The van der Waals surface area contributed by atoms with Crippen LogP contribution in [0.4, 0.5) is 4.79 Å². The first-order valence-electron chi connectivity index (χ1n) is 6.73. The van der Waals surface area contributed by atoms with E-state index in [2.05, 4.69) is 5.32 Å². The molecule has 5 nitrogen and oxygen atoms in total. The summed E-state index contributed by atoms with van der Waals surface area (Å²) < 4.78 is 0. The van der Waals surface area contributed by atoms with Gasteiger partial charge in [0, 0.05) is 0 Å². The average molecular weight is 274 g/mol. The van der Waals surface area contributed by atoms with E-state index in [1.54, 1.807) is 6.07 Å². The molecule has 1 aliphatic rings. The first kappa shape index (κ1) is 14.4. The minimum absolute atomic E-state index is 0.0526. The molecule has 2 rings (SSSR count). The van der Waals surface area contributed by atoms with Crippen molar-refractivity contribution in [3.05, 3.63) is 35.9 Å². The Morgan fingerprint density at radius 1 is 1.40 bits per heavy atom. The molecule has 0 aromatic heterocycles. The summed E-state index contributed by atoms with van der Waals surface area (Å²) in [5.41, 5.74) is 1.09. The number of hydrogen-bond acceptors (Lipinski definition) is 3. The molecule has 3 atom stereocenters. The highest BCUT2D eigenvalue weighted by molar-refractivity contribution is 5.65. The van der Waals surface area contributed by atoms with Crippen LogP contribution in [0.25, 0.3) is 0 Å². The summed E-state index contributed by atoms with van der Waals surface area (Å²) in [6.07, 6.45) is 0.180. The Morgan fingerprint density at radius 3 is 2.55 bits per heavy atom. The van der Waals surface area contributed by atoms with E-state index in [1.165, 1.54) is 0 Å². The number of nitriles is 1. The quantitative estimate of drug-likeness (QED) is 0.689. The molecule has 0 heterocycles. The molecule has 1 aromatic carbocycles. The third-order valence-electron chi connectivity index (χ3n) is 3.77. The zero-order valence-electron chi connectivity index (χ0n) is 11.1. The van der Waals surface area contributed by atoms with E-state index in [-0.39, 0.29) is 5.92 Å². The van der Waals surface area contributed by atoms with Crippen molar-refractivity contribution in [1.82, 2.24) is 5.32 Å². The summed E-state index contributed by atoms with van der Waals surface area (Å²) in [6, 6.07) is 10.7. The van der Waals surface area contributed by atoms with Crippen LogP contribution in [0.5, 0.6) is 0 Å². The molecule has 1 aliphatic carbocycles. The lowest BCUT2D eigenvalue weighted by molar-refractivity contribution is 0.121. The van der Waals surface area contributed by atoms with Crippen molar-refractivity contribution in [2.45, 2.75) is 31.4 Å². The normalized spacial score (nSPS) is 18.6. The Kier molecular flexibility index (Phi) is 4.59. The summed E-state index contributed by atoms with van der Waals surface area (Å²) >= 11 is 0. The number of nitrogens with zero attached hydrogens (tertiary/aromatic N) is 1. The number of carboxylic acid groups (broad SMARTS) is 1. The molecule has 2 unspecified atom stereocenters. The second-order valence-electron chi connectivity index (χ2n) is 5.24. The van der Waals surface area contributed by atoms with E-state index in [0.717, 1.165) is 18.4 Å². The molecule has 3 N–H and O–H groups in total. The summed E-state index contributed by atoms with van der Waals surface area (Å²) in [5.74, 6) is 0.318. The van der Waals surface area contributed by atoms with Crippen LogP contribution in [0.1, 0.15) is 18.4 Å². The van der Waals surface area contributed by atoms with Crippen molar-refractivity contribution >= 4 is 6.09 Å². The molecular formula is C15H18N2O3. The van der Waals surface area contributed by atoms with E-state index >= 15 is 0 Å². The number of nitrogens with one attached hydrogen (secondary N) is 1. The fourth-order valence-corrected chi connectivity index (χ4v) is 2.64. The van der Waals surface area contributed by atoms with Crippen LogP contribution in [-0.2, 0) is 6.42 Å². The minimum atomic E-state index is -1.32. The first-order valence-corrected chi connectivity index (χ1v) is 6.73. The van der Waals surface area contributed by atoms with E-state index in [0.29, 0.717) is 12.3 Å². The van der Waals surface area contributed by atoms with Gasteiger partial charge in [-0.2, -0.15) is 5.26 Å². The largest absolute Gasteiger partial charge is 0.465 e. The van der Waals surface area contributed by atoms with Gasteiger partial charge in [-0.25, -0.2) is 4.79 Å². The van der Waals surface area contributed by atoms with Crippen LogP contribution in [0.15, 0.2) is 30.3 Å². The fourth-order valence-electron chi connectivity index (χ4n) is 2.64. The number of carbonyl (C=O) groups is 1. The van der Waals surface area contributed by atoms with Crippen LogP contribution < -0.4 is 5.32 Å². The summed E-state index contributed by atoms with van der Waals surface area (Å²) in [5, 5.41) is 29.9. The Morgan fingerprint density at radius 2 is 2.05 bits per heavy atom. The van der Waals surface area contributed by atoms with Crippen LogP contribution >= 0.6 is 0 Å². The van der Waals surface area contributed by atoms with Gasteiger partial charge in [0.1, 0.15) is 0 Å². The summed E-state index contributed by atoms with van der Waals surface area (Å²) in [7, 11) is 0. The third kappa shape index (κ3) is 3.72. The molecule has 0 spiro atoms. The van der Waals surface area contributed by atoms with Crippen molar-refractivity contribution in [2.75, 3.05) is 0 Å². The Labute approximate surface area is 117 Å². The van der Waals surface area contributed by atoms with Gasteiger partial charge in [0.15, 0.2) is 6.10 Å². The second kappa shape index (κ2) is 6.40. The van der Waals surface area contributed by atoms with Crippen molar-refractivity contribution in [1.29, 1.82) is 5.26 Å². The average Bonchev–Trinajstić information content (AvgIpc) is 3.27. The maximum atomic E-state index is 10.9. The van der Waals surface area contributed by atoms with Gasteiger partial charge in [-0.1, -0.05) is 30.3 Å². The zero-order valence-corrected chi connectivity index (χ0v) is 11.1. The van der Waals surface area contributed by atoms with Crippen molar-refractivity contribution < 1.29 is 15.0 Å². The van der Waals surface area contributed by atoms with Crippen LogP contribution in [0.2, 0.25) is 0 Å². The van der Waals surface area contributed by atoms with Gasteiger partial charge in [-0.15, -0.1) is 0 Å². The number of hydrogen-bond donors (Lipinski definition) is 3. The van der Waals surface area contributed by atoms with Gasteiger partial charge >= 0.3 is 6.09 Å². The van der Waals surface area contributed by atoms with Gasteiger partial charge in [-0.3, -0.25) is 0 Å². The molecule has 0 saturated heterocycles. The standard InChI is InChI=1S/C15H18N2O3/c16-9-13(18)14(17-15(19)20)12(11-6-7-11)8-10-4-2-1-3-5-10/h1-5,11-14,17-18H,6-8H2,(H,19,20)/t12?,13?,14-/m0/s1. The van der Waals surface area contributed by atoms with E-state index in [4.69, 9.17) is 10.4 Å². The zero-order chi connectivity index (χ0) is 14.5. The molecular weight excluding hydrogens is 256 g/mol.